The Bertz CT molecular complexity index is 447. The number of benzene rings is 1. The van der Waals surface area contributed by atoms with Crippen molar-refractivity contribution in [2.24, 2.45) is 0 Å². The fraction of sp³-hybridized carbons (Fsp3) is 0.333. The Balaban J connectivity index is 1.99. The van der Waals surface area contributed by atoms with E-state index in [2.05, 4.69) is 5.32 Å². The van der Waals surface area contributed by atoms with Crippen LogP contribution >= 0.6 is 0 Å². The van der Waals surface area contributed by atoms with Crippen molar-refractivity contribution >= 4 is 11.7 Å². The van der Waals surface area contributed by atoms with Crippen LogP contribution in [0.3, 0.4) is 0 Å². The summed E-state index contributed by atoms with van der Waals surface area (Å²) in [5, 5.41) is 12.8. The summed E-state index contributed by atoms with van der Waals surface area (Å²) in [4.78, 5) is 17.0. The maximum absolute atomic E-state index is 11.8. The van der Waals surface area contributed by atoms with E-state index in [-0.39, 0.29) is 6.03 Å². The van der Waals surface area contributed by atoms with Gasteiger partial charge in [0.05, 0.1) is 24.8 Å². The van der Waals surface area contributed by atoms with Gasteiger partial charge in [-0.25, -0.2) is 9.86 Å². The van der Waals surface area contributed by atoms with Gasteiger partial charge in [0, 0.05) is 5.69 Å². The van der Waals surface area contributed by atoms with Crippen LogP contribution in [0.2, 0.25) is 0 Å². The minimum Gasteiger partial charge on any atom is -0.306 e. The van der Waals surface area contributed by atoms with E-state index in [9.17, 15) is 4.79 Å². The average Bonchev–Trinajstić information content (AvgIpc) is 2.40. The first-order valence-electron chi connectivity index (χ1n) is 5.51. The number of carbonyl (C=O) groups is 1. The van der Waals surface area contributed by atoms with Gasteiger partial charge in [0.25, 0.3) is 0 Å². The number of nitrogens with one attached hydrogen (secondary N) is 1. The summed E-state index contributed by atoms with van der Waals surface area (Å²) in [6.45, 7) is 1.18. The van der Waals surface area contributed by atoms with Gasteiger partial charge in [0.15, 0.2) is 0 Å². The fourth-order valence-corrected chi connectivity index (χ4v) is 1.61. The van der Waals surface area contributed by atoms with Gasteiger partial charge >= 0.3 is 6.03 Å². The SMILES string of the molecule is N#Cc1cccc(NC(=O)N2CCCCO2)c1. The van der Waals surface area contributed by atoms with Crippen molar-refractivity contribution in [1.29, 1.82) is 5.26 Å². The summed E-state index contributed by atoms with van der Waals surface area (Å²) in [5.41, 5.74) is 1.12. The van der Waals surface area contributed by atoms with Gasteiger partial charge in [-0.15, -0.1) is 0 Å². The number of nitriles is 1. The van der Waals surface area contributed by atoms with Crippen molar-refractivity contribution in [3.8, 4) is 6.07 Å². The summed E-state index contributed by atoms with van der Waals surface area (Å²) >= 11 is 0. The Morgan fingerprint density at radius 1 is 1.47 bits per heavy atom. The van der Waals surface area contributed by atoms with Crippen LogP contribution in [0.5, 0.6) is 0 Å². The molecule has 0 radical (unpaired) electrons. The maximum Gasteiger partial charge on any atom is 0.345 e. The summed E-state index contributed by atoms with van der Waals surface area (Å²) in [7, 11) is 0. The van der Waals surface area contributed by atoms with Gasteiger partial charge in [0.2, 0.25) is 0 Å². The Kier molecular flexibility index (Phi) is 3.58. The molecule has 1 N–H and O–H groups in total. The quantitative estimate of drug-likeness (QED) is 0.805. The molecule has 88 valence electrons. The van der Waals surface area contributed by atoms with Crippen LogP contribution in [0.1, 0.15) is 18.4 Å². The average molecular weight is 231 g/mol. The third-order valence-electron chi connectivity index (χ3n) is 2.47. The van der Waals surface area contributed by atoms with Gasteiger partial charge in [0.1, 0.15) is 0 Å². The number of hydroxylamine groups is 2. The molecule has 0 aromatic heterocycles. The number of hydrogen-bond donors (Lipinski definition) is 1. The Hall–Kier alpha value is -2.06. The number of anilines is 1. The first-order chi connectivity index (χ1) is 8.29. The highest BCUT2D eigenvalue weighted by Crippen LogP contribution is 2.12. The second-order valence-corrected chi connectivity index (χ2v) is 3.77. The van der Waals surface area contributed by atoms with Crippen LogP contribution in [0.25, 0.3) is 0 Å². The molecule has 1 aromatic carbocycles. The molecule has 17 heavy (non-hydrogen) atoms. The minimum atomic E-state index is -0.292. The predicted octanol–water partition coefficient (Wildman–Crippen LogP) is 2.12. The predicted molar refractivity (Wildman–Crippen MR) is 62.1 cm³/mol. The molecule has 0 saturated carbocycles. The summed E-state index contributed by atoms with van der Waals surface area (Å²) in [5.74, 6) is 0. The minimum absolute atomic E-state index is 0.292. The molecule has 2 rings (SSSR count). The topological polar surface area (TPSA) is 65.4 Å². The normalized spacial score (nSPS) is 15.1. The molecule has 0 aliphatic carbocycles. The van der Waals surface area contributed by atoms with Gasteiger partial charge in [-0.1, -0.05) is 6.07 Å². The zero-order valence-electron chi connectivity index (χ0n) is 9.35. The van der Waals surface area contributed by atoms with Crippen LogP contribution < -0.4 is 5.32 Å². The fourth-order valence-electron chi connectivity index (χ4n) is 1.61. The highest BCUT2D eigenvalue weighted by atomic mass is 16.7. The zero-order valence-corrected chi connectivity index (χ0v) is 9.35. The van der Waals surface area contributed by atoms with Gasteiger partial charge in [-0.2, -0.15) is 5.26 Å². The van der Waals surface area contributed by atoms with Gasteiger partial charge in [-0.05, 0) is 31.0 Å². The second-order valence-electron chi connectivity index (χ2n) is 3.77. The van der Waals surface area contributed by atoms with E-state index in [4.69, 9.17) is 10.1 Å². The smallest absolute Gasteiger partial charge is 0.306 e. The molecule has 0 unspecified atom stereocenters. The molecule has 5 heteroatoms. The molecule has 0 bridgehead atoms. The summed E-state index contributed by atoms with van der Waals surface area (Å²) < 4.78 is 0. The standard InChI is InChI=1S/C12H13N3O2/c13-9-10-4-3-5-11(8-10)14-12(16)15-6-1-2-7-17-15/h3-5,8H,1-2,6-7H2,(H,14,16). The molecule has 0 spiro atoms. The van der Waals surface area contributed by atoms with Crippen LogP contribution in [-0.2, 0) is 4.84 Å². The number of carbonyl (C=O) groups excluding carboxylic acids is 1. The number of rotatable bonds is 1. The van der Waals surface area contributed by atoms with E-state index in [1.165, 1.54) is 5.06 Å². The van der Waals surface area contributed by atoms with E-state index < -0.39 is 0 Å². The molecule has 5 nitrogen and oxygen atoms in total. The molecule has 1 aliphatic heterocycles. The van der Waals surface area contributed by atoms with Crippen molar-refractivity contribution in [1.82, 2.24) is 5.06 Å². The Morgan fingerprint density at radius 3 is 3.06 bits per heavy atom. The molecule has 1 saturated heterocycles. The highest BCUT2D eigenvalue weighted by Gasteiger charge is 2.17. The largest absolute Gasteiger partial charge is 0.345 e. The molecule has 1 fully saturated rings. The Labute approximate surface area is 99.5 Å². The van der Waals surface area contributed by atoms with E-state index in [1.54, 1.807) is 24.3 Å². The second kappa shape index (κ2) is 5.32. The van der Waals surface area contributed by atoms with Crippen molar-refractivity contribution in [3.05, 3.63) is 29.8 Å². The van der Waals surface area contributed by atoms with Crippen LogP contribution in [0.15, 0.2) is 24.3 Å². The summed E-state index contributed by atoms with van der Waals surface area (Å²) in [6, 6.07) is 8.51. The van der Waals surface area contributed by atoms with Crippen molar-refractivity contribution in [2.75, 3.05) is 18.5 Å². The monoisotopic (exact) mass is 231 g/mol. The first-order valence-corrected chi connectivity index (χ1v) is 5.51. The first kappa shape index (κ1) is 11.4. The van der Waals surface area contributed by atoms with Crippen LogP contribution in [0, 0.1) is 11.3 Å². The molecule has 2 amide bonds. The van der Waals surface area contributed by atoms with E-state index in [1.807, 2.05) is 6.07 Å². The lowest BCUT2D eigenvalue weighted by atomic mass is 10.2. The van der Waals surface area contributed by atoms with Gasteiger partial charge in [-0.3, -0.25) is 4.84 Å². The number of hydrogen-bond acceptors (Lipinski definition) is 3. The Morgan fingerprint density at radius 2 is 2.35 bits per heavy atom. The van der Waals surface area contributed by atoms with Crippen LogP contribution in [0.4, 0.5) is 10.5 Å². The van der Waals surface area contributed by atoms with Crippen molar-refractivity contribution in [3.63, 3.8) is 0 Å². The molecule has 1 heterocycles. The lowest BCUT2D eigenvalue weighted by molar-refractivity contribution is -0.135. The van der Waals surface area contributed by atoms with E-state index in [0.717, 1.165) is 12.8 Å². The van der Waals surface area contributed by atoms with Gasteiger partial charge < -0.3 is 5.32 Å². The van der Waals surface area contributed by atoms with Crippen molar-refractivity contribution in [2.45, 2.75) is 12.8 Å². The van der Waals surface area contributed by atoms with E-state index in [0.29, 0.717) is 24.4 Å². The maximum atomic E-state index is 11.8. The molecule has 1 aromatic rings. The third kappa shape index (κ3) is 2.95. The van der Waals surface area contributed by atoms with Crippen molar-refractivity contribution < 1.29 is 9.63 Å². The zero-order chi connectivity index (χ0) is 12.1. The van der Waals surface area contributed by atoms with E-state index >= 15 is 0 Å². The highest BCUT2D eigenvalue weighted by molar-refractivity contribution is 5.88. The number of amides is 2. The van der Waals surface area contributed by atoms with Crippen LogP contribution in [-0.4, -0.2) is 24.2 Å². The molecule has 1 aliphatic rings. The lowest BCUT2D eigenvalue weighted by Crippen LogP contribution is -2.38. The molecule has 0 atom stereocenters. The third-order valence-corrected chi connectivity index (χ3v) is 2.47. The number of urea groups is 1. The summed E-state index contributed by atoms with van der Waals surface area (Å²) in [6.07, 6.45) is 1.93. The number of nitrogens with zero attached hydrogens (tertiary/aromatic N) is 2. The lowest BCUT2D eigenvalue weighted by Gasteiger charge is -2.25. The molecular weight excluding hydrogens is 218 g/mol. The molecular formula is C12H13N3O2.